The highest BCUT2D eigenvalue weighted by molar-refractivity contribution is 9.10. The molecule has 0 atom stereocenters. The highest BCUT2D eigenvalue weighted by Gasteiger charge is 2.26. The molecule has 118 valence electrons. The Labute approximate surface area is 129 Å². The molecule has 8 heteroatoms. The number of benzene rings is 1. The first-order chi connectivity index (χ1) is 9.73. The predicted molar refractivity (Wildman–Crippen MR) is 76.1 cm³/mol. The number of rotatable bonds is 6. The molecule has 0 fully saturated rings. The molecule has 0 saturated heterocycles. The predicted octanol–water partition coefficient (Wildman–Crippen LogP) is 2.57. The van der Waals surface area contributed by atoms with Crippen molar-refractivity contribution in [1.82, 2.24) is 10.2 Å². The second-order valence-electron chi connectivity index (χ2n) is 4.42. The van der Waals surface area contributed by atoms with E-state index in [9.17, 15) is 18.0 Å². The summed E-state index contributed by atoms with van der Waals surface area (Å²) in [7, 11) is 3.04. The van der Waals surface area contributed by atoms with Crippen LogP contribution in [0.1, 0.15) is 5.56 Å². The quantitative estimate of drug-likeness (QED) is 0.838. The number of ether oxygens (including phenoxy) is 1. The van der Waals surface area contributed by atoms with Crippen LogP contribution < -0.4 is 10.1 Å². The third-order valence-electron chi connectivity index (χ3n) is 2.68. The van der Waals surface area contributed by atoms with Crippen molar-refractivity contribution in [2.45, 2.75) is 12.7 Å². The lowest BCUT2D eigenvalue weighted by Crippen LogP contribution is -2.39. The molecule has 0 aliphatic rings. The second-order valence-corrected chi connectivity index (χ2v) is 5.34. The van der Waals surface area contributed by atoms with Gasteiger partial charge in [0, 0.05) is 23.6 Å². The fourth-order valence-electron chi connectivity index (χ4n) is 1.66. The van der Waals surface area contributed by atoms with E-state index in [0.717, 1.165) is 10.0 Å². The first kappa shape index (κ1) is 17.8. The summed E-state index contributed by atoms with van der Waals surface area (Å²) < 4.78 is 42.0. The average molecular weight is 369 g/mol. The number of amides is 1. The molecule has 0 spiro atoms. The molecule has 0 radical (unpaired) electrons. The van der Waals surface area contributed by atoms with E-state index in [4.69, 9.17) is 4.74 Å². The van der Waals surface area contributed by atoms with Gasteiger partial charge in [-0.05, 0) is 18.2 Å². The summed E-state index contributed by atoms with van der Waals surface area (Å²) in [5, 5.41) is 2.08. The van der Waals surface area contributed by atoms with Gasteiger partial charge in [0.15, 0.2) is 0 Å². The molecule has 0 aliphatic heterocycles. The zero-order valence-electron chi connectivity index (χ0n) is 11.6. The topological polar surface area (TPSA) is 41.6 Å². The minimum Gasteiger partial charge on any atom is -0.496 e. The van der Waals surface area contributed by atoms with Crippen molar-refractivity contribution in [2.75, 3.05) is 27.2 Å². The van der Waals surface area contributed by atoms with Crippen molar-refractivity contribution >= 4 is 21.8 Å². The fourth-order valence-corrected chi connectivity index (χ4v) is 2.07. The Morgan fingerprint density at radius 1 is 1.43 bits per heavy atom. The van der Waals surface area contributed by atoms with Crippen LogP contribution in [0.2, 0.25) is 0 Å². The molecule has 1 amide bonds. The van der Waals surface area contributed by atoms with Crippen molar-refractivity contribution in [1.29, 1.82) is 0 Å². The van der Waals surface area contributed by atoms with Crippen LogP contribution in [0.3, 0.4) is 0 Å². The maximum atomic E-state index is 12.0. The highest BCUT2D eigenvalue weighted by Crippen LogP contribution is 2.24. The van der Waals surface area contributed by atoms with E-state index in [1.54, 1.807) is 18.2 Å². The van der Waals surface area contributed by atoms with E-state index in [2.05, 4.69) is 21.2 Å². The minimum absolute atomic E-state index is 0.245. The van der Waals surface area contributed by atoms with Gasteiger partial charge in [0.25, 0.3) is 0 Å². The average Bonchev–Trinajstić information content (AvgIpc) is 2.37. The number of hydrogen-bond donors (Lipinski definition) is 1. The Morgan fingerprint density at radius 3 is 2.67 bits per heavy atom. The Morgan fingerprint density at radius 2 is 2.10 bits per heavy atom. The van der Waals surface area contributed by atoms with Gasteiger partial charge in [-0.3, -0.25) is 4.79 Å². The summed E-state index contributed by atoms with van der Waals surface area (Å²) in [5.41, 5.74) is 0.763. The smallest absolute Gasteiger partial charge is 0.401 e. The number of nitrogens with one attached hydrogen (secondary N) is 1. The van der Waals surface area contributed by atoms with Gasteiger partial charge >= 0.3 is 6.18 Å². The molecular formula is C13H16BrF3N2O2. The SMILES string of the molecule is COc1ccc(Br)cc1CN(C)C(=O)CNCC(F)(F)F. The van der Waals surface area contributed by atoms with Crippen molar-refractivity contribution in [2.24, 2.45) is 0 Å². The zero-order valence-corrected chi connectivity index (χ0v) is 13.2. The van der Waals surface area contributed by atoms with E-state index < -0.39 is 18.6 Å². The van der Waals surface area contributed by atoms with E-state index in [1.165, 1.54) is 19.1 Å². The maximum Gasteiger partial charge on any atom is 0.401 e. The van der Waals surface area contributed by atoms with Gasteiger partial charge in [-0.2, -0.15) is 13.2 Å². The lowest BCUT2D eigenvalue weighted by molar-refractivity contribution is -0.133. The first-order valence-electron chi connectivity index (χ1n) is 6.07. The fraction of sp³-hybridized carbons (Fsp3) is 0.462. The van der Waals surface area contributed by atoms with Crippen LogP contribution in [-0.2, 0) is 11.3 Å². The number of methoxy groups -OCH3 is 1. The van der Waals surface area contributed by atoms with Gasteiger partial charge in [-0.25, -0.2) is 0 Å². The molecule has 21 heavy (non-hydrogen) atoms. The second kappa shape index (κ2) is 7.65. The summed E-state index contributed by atoms with van der Waals surface area (Å²) >= 11 is 3.32. The molecule has 0 aliphatic carbocycles. The maximum absolute atomic E-state index is 12.0. The van der Waals surface area contributed by atoms with Crippen LogP contribution in [0.4, 0.5) is 13.2 Å². The highest BCUT2D eigenvalue weighted by atomic mass is 79.9. The number of nitrogens with zero attached hydrogens (tertiary/aromatic N) is 1. The van der Waals surface area contributed by atoms with E-state index in [0.29, 0.717) is 5.75 Å². The third-order valence-corrected chi connectivity index (χ3v) is 3.17. The van der Waals surface area contributed by atoms with E-state index in [-0.39, 0.29) is 13.1 Å². The Bertz CT molecular complexity index is 495. The van der Waals surface area contributed by atoms with Gasteiger partial charge in [-0.15, -0.1) is 0 Å². The number of carbonyl (C=O) groups excluding carboxylic acids is 1. The minimum atomic E-state index is -4.33. The first-order valence-corrected chi connectivity index (χ1v) is 6.86. The molecule has 0 heterocycles. The lowest BCUT2D eigenvalue weighted by Gasteiger charge is -2.19. The number of halogens is 4. The van der Waals surface area contributed by atoms with Gasteiger partial charge in [0.05, 0.1) is 20.2 Å². The molecule has 0 saturated carbocycles. The number of hydrogen-bond acceptors (Lipinski definition) is 3. The normalized spacial score (nSPS) is 11.3. The summed E-state index contributed by atoms with van der Waals surface area (Å²) in [4.78, 5) is 13.1. The van der Waals surface area contributed by atoms with Crippen molar-refractivity contribution in [3.8, 4) is 5.75 Å². The van der Waals surface area contributed by atoms with Gasteiger partial charge in [0.1, 0.15) is 5.75 Å². The monoisotopic (exact) mass is 368 g/mol. The van der Waals surface area contributed by atoms with E-state index in [1.807, 2.05) is 0 Å². The summed E-state index contributed by atoms with van der Waals surface area (Å²) in [5.74, 6) is 0.183. The molecule has 1 aromatic carbocycles. The van der Waals surface area contributed by atoms with Crippen LogP contribution in [0.5, 0.6) is 5.75 Å². The van der Waals surface area contributed by atoms with Gasteiger partial charge in [0.2, 0.25) is 5.91 Å². The largest absolute Gasteiger partial charge is 0.496 e. The van der Waals surface area contributed by atoms with Crippen LogP contribution in [0.15, 0.2) is 22.7 Å². The molecule has 0 aromatic heterocycles. The van der Waals surface area contributed by atoms with E-state index >= 15 is 0 Å². The van der Waals surface area contributed by atoms with Crippen molar-refractivity contribution in [3.63, 3.8) is 0 Å². The van der Waals surface area contributed by atoms with Crippen molar-refractivity contribution in [3.05, 3.63) is 28.2 Å². The molecular weight excluding hydrogens is 353 g/mol. The summed E-state index contributed by atoms with van der Waals surface area (Å²) in [6, 6.07) is 5.35. The Hall–Kier alpha value is -1.28. The lowest BCUT2D eigenvalue weighted by atomic mass is 10.2. The van der Waals surface area contributed by atoms with Crippen LogP contribution in [0.25, 0.3) is 0 Å². The summed E-state index contributed by atoms with van der Waals surface area (Å²) in [6.07, 6.45) is -4.33. The molecule has 4 nitrogen and oxygen atoms in total. The zero-order chi connectivity index (χ0) is 16.0. The van der Waals surface area contributed by atoms with Gasteiger partial charge in [-0.1, -0.05) is 15.9 Å². The van der Waals surface area contributed by atoms with Crippen LogP contribution in [0, 0.1) is 0 Å². The molecule has 0 bridgehead atoms. The molecule has 1 rings (SSSR count). The molecule has 0 unspecified atom stereocenters. The number of alkyl halides is 3. The Balaban J connectivity index is 2.58. The van der Waals surface area contributed by atoms with Crippen LogP contribution in [-0.4, -0.2) is 44.2 Å². The third kappa shape index (κ3) is 6.34. The Kier molecular flexibility index (Phi) is 6.47. The number of carbonyl (C=O) groups is 1. The number of likely N-dealkylation sites (N-methyl/N-ethyl adjacent to an activating group) is 1. The summed E-state index contributed by atoms with van der Waals surface area (Å²) in [6.45, 7) is -1.31. The molecule has 1 aromatic rings. The van der Waals surface area contributed by atoms with Crippen LogP contribution >= 0.6 is 15.9 Å². The van der Waals surface area contributed by atoms with Crippen molar-refractivity contribution < 1.29 is 22.7 Å². The standard InChI is InChI=1S/C13H16BrF3N2O2/c1-19(12(20)6-18-8-13(15,16)17)7-9-5-10(14)3-4-11(9)21-2/h3-5,18H,6-8H2,1-2H3. The van der Waals surface area contributed by atoms with Gasteiger partial charge < -0.3 is 15.0 Å². The molecule has 1 N–H and O–H groups in total.